The molecule has 0 heterocycles. The largest absolute Gasteiger partial charge is 0.118 e. The maximum absolute atomic E-state index is 6.37. The molecule has 0 bridgehead atoms. The predicted octanol–water partition coefficient (Wildman–Crippen LogP) is 4.75. The Labute approximate surface area is 98.7 Å². The average Bonchev–Trinajstić information content (AvgIpc) is 2.26. The van der Waals surface area contributed by atoms with Crippen LogP contribution in [0, 0.1) is 5.92 Å². The molecule has 0 aliphatic carbocycles. The van der Waals surface area contributed by atoms with E-state index in [1.54, 1.807) is 0 Å². The van der Waals surface area contributed by atoms with Gasteiger partial charge in [0.05, 0.1) is 5.38 Å². The molecule has 0 spiro atoms. The minimum Gasteiger partial charge on any atom is -0.118 e. The lowest BCUT2D eigenvalue weighted by molar-refractivity contribution is 0.623. The zero-order valence-electron chi connectivity index (χ0n) is 10.2. The minimum absolute atomic E-state index is 0.140. The molecule has 0 nitrogen and oxygen atoms in total. The van der Waals surface area contributed by atoms with Crippen molar-refractivity contribution in [1.82, 2.24) is 0 Å². The van der Waals surface area contributed by atoms with Crippen molar-refractivity contribution in [2.45, 2.75) is 45.9 Å². The monoisotopic (exact) mass is 224 g/mol. The van der Waals surface area contributed by atoms with Gasteiger partial charge in [0.1, 0.15) is 0 Å². The van der Waals surface area contributed by atoms with Gasteiger partial charge in [0.15, 0.2) is 0 Å². The van der Waals surface area contributed by atoms with E-state index in [1.165, 1.54) is 16.7 Å². The molecular weight excluding hydrogens is 204 g/mol. The van der Waals surface area contributed by atoms with E-state index in [1.807, 2.05) is 0 Å². The van der Waals surface area contributed by atoms with E-state index in [0.29, 0.717) is 5.92 Å². The van der Waals surface area contributed by atoms with Crippen LogP contribution in [0.4, 0.5) is 0 Å². The van der Waals surface area contributed by atoms with Crippen LogP contribution in [0.3, 0.4) is 0 Å². The van der Waals surface area contributed by atoms with Gasteiger partial charge in [-0.1, -0.05) is 45.9 Å². The molecule has 0 aliphatic rings. The van der Waals surface area contributed by atoms with Crippen molar-refractivity contribution in [2.24, 2.45) is 5.92 Å². The quantitative estimate of drug-likeness (QED) is 0.648. The number of benzene rings is 1. The highest BCUT2D eigenvalue weighted by Crippen LogP contribution is 2.30. The van der Waals surface area contributed by atoms with Crippen molar-refractivity contribution < 1.29 is 0 Å². The second kappa shape index (κ2) is 5.55. The topological polar surface area (TPSA) is 0 Å². The molecule has 1 atom stereocenters. The lowest BCUT2D eigenvalue weighted by Gasteiger charge is -2.16. The summed E-state index contributed by atoms with van der Waals surface area (Å²) in [5.74, 6) is 0.490. The molecule has 0 saturated heterocycles. The summed E-state index contributed by atoms with van der Waals surface area (Å²) in [6.07, 6.45) is 2.21. The molecule has 1 unspecified atom stereocenters. The van der Waals surface area contributed by atoms with Gasteiger partial charge >= 0.3 is 0 Å². The molecule has 0 saturated carbocycles. The highest BCUT2D eigenvalue weighted by Gasteiger charge is 2.13. The van der Waals surface area contributed by atoms with Crippen LogP contribution in [-0.4, -0.2) is 0 Å². The third kappa shape index (κ3) is 2.98. The molecule has 0 N–H and O–H groups in total. The van der Waals surface area contributed by atoms with Crippen LogP contribution in [-0.2, 0) is 12.8 Å². The lowest BCUT2D eigenvalue weighted by atomic mass is 9.95. The number of alkyl halides is 1. The van der Waals surface area contributed by atoms with Crippen LogP contribution in [0.5, 0.6) is 0 Å². The van der Waals surface area contributed by atoms with Gasteiger partial charge in [-0.05, 0) is 35.4 Å². The third-order valence-corrected chi connectivity index (χ3v) is 3.65. The molecule has 15 heavy (non-hydrogen) atoms. The Morgan fingerprint density at radius 2 is 1.67 bits per heavy atom. The van der Waals surface area contributed by atoms with Crippen molar-refractivity contribution >= 4 is 11.6 Å². The smallest absolute Gasteiger partial charge is 0.0608 e. The van der Waals surface area contributed by atoms with Crippen LogP contribution >= 0.6 is 11.6 Å². The molecule has 1 aromatic rings. The maximum Gasteiger partial charge on any atom is 0.0608 e. The zero-order valence-corrected chi connectivity index (χ0v) is 10.9. The highest BCUT2D eigenvalue weighted by molar-refractivity contribution is 6.20. The van der Waals surface area contributed by atoms with Crippen LogP contribution in [0.15, 0.2) is 18.2 Å². The van der Waals surface area contributed by atoms with Crippen LogP contribution in [0.1, 0.15) is 49.8 Å². The summed E-state index contributed by atoms with van der Waals surface area (Å²) in [7, 11) is 0. The van der Waals surface area contributed by atoms with Crippen molar-refractivity contribution in [1.29, 1.82) is 0 Å². The summed E-state index contributed by atoms with van der Waals surface area (Å²) in [4.78, 5) is 0. The van der Waals surface area contributed by atoms with Gasteiger partial charge in [-0.25, -0.2) is 0 Å². The molecule has 0 fully saturated rings. The Hall–Kier alpha value is -0.490. The van der Waals surface area contributed by atoms with E-state index in [9.17, 15) is 0 Å². The first-order chi connectivity index (χ1) is 7.10. The molecule has 0 radical (unpaired) electrons. The van der Waals surface area contributed by atoms with E-state index in [2.05, 4.69) is 45.9 Å². The Kier molecular flexibility index (Phi) is 4.66. The maximum atomic E-state index is 6.37. The Morgan fingerprint density at radius 1 is 1.07 bits per heavy atom. The molecular formula is C14H21Cl. The van der Waals surface area contributed by atoms with Gasteiger partial charge < -0.3 is 0 Å². The van der Waals surface area contributed by atoms with Gasteiger partial charge in [0.25, 0.3) is 0 Å². The van der Waals surface area contributed by atoms with Crippen molar-refractivity contribution in [2.75, 3.05) is 0 Å². The average molecular weight is 225 g/mol. The number of rotatable bonds is 4. The fourth-order valence-corrected chi connectivity index (χ4v) is 2.01. The van der Waals surface area contributed by atoms with E-state index in [0.717, 1.165) is 12.8 Å². The fraction of sp³-hybridized carbons (Fsp3) is 0.571. The summed E-state index contributed by atoms with van der Waals surface area (Å²) >= 11 is 6.37. The van der Waals surface area contributed by atoms with Crippen LogP contribution < -0.4 is 0 Å². The van der Waals surface area contributed by atoms with Gasteiger partial charge in [-0.15, -0.1) is 11.6 Å². The summed E-state index contributed by atoms with van der Waals surface area (Å²) in [6.45, 7) is 8.74. The van der Waals surface area contributed by atoms with E-state index < -0.39 is 0 Å². The first-order valence-electron chi connectivity index (χ1n) is 5.85. The summed E-state index contributed by atoms with van der Waals surface area (Å²) in [6, 6.07) is 6.68. The number of hydrogen-bond acceptors (Lipinski definition) is 0. The van der Waals surface area contributed by atoms with Gasteiger partial charge in [0, 0.05) is 0 Å². The molecule has 0 aliphatic heterocycles. The first kappa shape index (κ1) is 12.6. The molecule has 1 aromatic carbocycles. The third-order valence-electron chi connectivity index (χ3n) is 2.90. The lowest BCUT2D eigenvalue weighted by Crippen LogP contribution is -2.01. The van der Waals surface area contributed by atoms with Crippen LogP contribution in [0.25, 0.3) is 0 Å². The summed E-state index contributed by atoms with van der Waals surface area (Å²) in [5.41, 5.74) is 4.16. The number of aryl methyl sites for hydroxylation is 2. The Morgan fingerprint density at radius 3 is 2.13 bits per heavy atom. The molecule has 1 rings (SSSR count). The SMILES string of the molecule is CCc1ccc(C(Cl)C(C)C)cc1CC. The molecule has 0 aromatic heterocycles. The van der Waals surface area contributed by atoms with Gasteiger partial charge in [-0.2, -0.15) is 0 Å². The summed E-state index contributed by atoms with van der Waals surface area (Å²) < 4.78 is 0. The van der Waals surface area contributed by atoms with E-state index in [-0.39, 0.29) is 5.38 Å². The zero-order chi connectivity index (χ0) is 11.4. The second-order valence-electron chi connectivity index (χ2n) is 4.38. The Bertz CT molecular complexity index is 315. The normalized spacial score (nSPS) is 13.2. The minimum atomic E-state index is 0.140. The second-order valence-corrected chi connectivity index (χ2v) is 4.85. The molecule has 0 amide bonds. The first-order valence-corrected chi connectivity index (χ1v) is 6.29. The fourth-order valence-electron chi connectivity index (χ4n) is 1.88. The Balaban J connectivity index is 3.02. The summed E-state index contributed by atoms with van der Waals surface area (Å²) in [5, 5.41) is 0.140. The molecule has 84 valence electrons. The van der Waals surface area contributed by atoms with E-state index in [4.69, 9.17) is 11.6 Å². The highest BCUT2D eigenvalue weighted by atomic mass is 35.5. The predicted molar refractivity (Wildman–Crippen MR) is 68.6 cm³/mol. The standard InChI is InChI=1S/C14H21Cl/c1-5-11-7-8-13(9-12(11)6-2)14(15)10(3)4/h7-10,14H,5-6H2,1-4H3. The molecule has 1 heteroatoms. The van der Waals surface area contributed by atoms with E-state index >= 15 is 0 Å². The number of hydrogen-bond donors (Lipinski definition) is 0. The van der Waals surface area contributed by atoms with Crippen molar-refractivity contribution in [3.63, 3.8) is 0 Å². The van der Waals surface area contributed by atoms with Crippen molar-refractivity contribution in [3.05, 3.63) is 34.9 Å². The van der Waals surface area contributed by atoms with Gasteiger partial charge in [0.2, 0.25) is 0 Å². The van der Waals surface area contributed by atoms with Crippen LogP contribution in [0.2, 0.25) is 0 Å². The van der Waals surface area contributed by atoms with Crippen molar-refractivity contribution in [3.8, 4) is 0 Å². The van der Waals surface area contributed by atoms with Gasteiger partial charge in [-0.3, -0.25) is 0 Å². The number of halogens is 1.